The number of benzene rings is 1. The zero-order chi connectivity index (χ0) is 15.4. The van der Waals surface area contributed by atoms with Crippen molar-refractivity contribution in [3.8, 4) is 0 Å². The van der Waals surface area contributed by atoms with E-state index < -0.39 is 0 Å². The second-order valence-electron chi connectivity index (χ2n) is 6.23. The number of piperazine rings is 2. The Morgan fingerprint density at radius 1 is 1.14 bits per heavy atom. The van der Waals surface area contributed by atoms with Crippen molar-refractivity contribution in [2.45, 2.75) is 19.6 Å². The average molecular weight is 302 g/mol. The summed E-state index contributed by atoms with van der Waals surface area (Å²) in [6.45, 7) is 9.51. The van der Waals surface area contributed by atoms with E-state index in [-0.39, 0.29) is 5.91 Å². The normalized spacial score (nSPS) is 24.4. The molecule has 2 heterocycles. The number of carbonyl (C=O) groups excluding carboxylic acids is 1. The van der Waals surface area contributed by atoms with E-state index in [0.29, 0.717) is 6.17 Å². The Kier molecular flexibility index (Phi) is 5.08. The highest BCUT2D eigenvalue weighted by molar-refractivity contribution is 5.73. The molecule has 0 spiro atoms. The third-order valence-electron chi connectivity index (χ3n) is 4.69. The molecule has 2 saturated heterocycles. The van der Waals surface area contributed by atoms with Crippen molar-refractivity contribution in [1.29, 1.82) is 0 Å². The quantitative estimate of drug-likeness (QED) is 0.887. The van der Waals surface area contributed by atoms with Crippen LogP contribution < -0.4 is 5.32 Å². The van der Waals surface area contributed by atoms with Crippen molar-refractivity contribution in [2.24, 2.45) is 0 Å². The highest BCUT2D eigenvalue weighted by Crippen LogP contribution is 2.12. The number of nitrogens with zero attached hydrogens (tertiary/aromatic N) is 3. The minimum Gasteiger partial charge on any atom is -0.340 e. The molecule has 1 aromatic rings. The first-order chi connectivity index (χ1) is 10.7. The van der Waals surface area contributed by atoms with E-state index in [1.807, 2.05) is 4.90 Å². The third kappa shape index (κ3) is 3.85. The predicted octanol–water partition coefficient (Wildman–Crippen LogP) is 0.582. The SMILES string of the molecule is CC(=O)N1CCN(C2CN(Cc3ccccc3)CCN2)CC1. The number of hydrogen-bond acceptors (Lipinski definition) is 4. The molecule has 0 radical (unpaired) electrons. The van der Waals surface area contributed by atoms with E-state index in [0.717, 1.165) is 52.4 Å². The molecular weight excluding hydrogens is 276 g/mol. The van der Waals surface area contributed by atoms with Crippen molar-refractivity contribution >= 4 is 5.91 Å². The monoisotopic (exact) mass is 302 g/mol. The molecule has 1 unspecified atom stereocenters. The Hall–Kier alpha value is -1.43. The molecule has 3 rings (SSSR count). The molecule has 2 aliphatic heterocycles. The van der Waals surface area contributed by atoms with Gasteiger partial charge in [-0.1, -0.05) is 30.3 Å². The van der Waals surface area contributed by atoms with Crippen LogP contribution in [0, 0.1) is 0 Å². The molecule has 120 valence electrons. The minimum atomic E-state index is 0.196. The Morgan fingerprint density at radius 3 is 2.55 bits per heavy atom. The number of rotatable bonds is 3. The lowest BCUT2D eigenvalue weighted by Crippen LogP contribution is -2.62. The van der Waals surface area contributed by atoms with Gasteiger partial charge in [-0.3, -0.25) is 19.9 Å². The fourth-order valence-corrected chi connectivity index (χ4v) is 3.37. The summed E-state index contributed by atoms with van der Waals surface area (Å²) < 4.78 is 0. The molecule has 0 bridgehead atoms. The van der Waals surface area contributed by atoms with Crippen molar-refractivity contribution in [3.63, 3.8) is 0 Å². The molecule has 0 saturated carbocycles. The molecule has 2 aliphatic rings. The summed E-state index contributed by atoms with van der Waals surface area (Å²) in [7, 11) is 0. The molecule has 5 heteroatoms. The van der Waals surface area contributed by atoms with Crippen LogP contribution >= 0.6 is 0 Å². The summed E-state index contributed by atoms with van der Waals surface area (Å²) in [6, 6.07) is 10.7. The molecule has 0 aliphatic carbocycles. The van der Waals surface area contributed by atoms with E-state index >= 15 is 0 Å². The number of nitrogens with one attached hydrogen (secondary N) is 1. The molecule has 1 amide bonds. The van der Waals surface area contributed by atoms with Gasteiger partial charge >= 0.3 is 0 Å². The first-order valence-corrected chi connectivity index (χ1v) is 8.21. The highest BCUT2D eigenvalue weighted by atomic mass is 16.2. The summed E-state index contributed by atoms with van der Waals surface area (Å²) in [5.74, 6) is 0.196. The first kappa shape index (κ1) is 15.5. The molecule has 0 aromatic heterocycles. The van der Waals surface area contributed by atoms with Gasteiger partial charge in [0.2, 0.25) is 5.91 Å². The van der Waals surface area contributed by atoms with Crippen LogP contribution in [0.15, 0.2) is 30.3 Å². The van der Waals surface area contributed by atoms with E-state index in [9.17, 15) is 4.79 Å². The Morgan fingerprint density at radius 2 is 1.86 bits per heavy atom. The van der Waals surface area contributed by atoms with Crippen LogP contribution in [0.2, 0.25) is 0 Å². The Bertz CT molecular complexity index is 485. The largest absolute Gasteiger partial charge is 0.340 e. The van der Waals surface area contributed by atoms with Gasteiger partial charge in [-0.2, -0.15) is 0 Å². The number of carbonyl (C=O) groups is 1. The van der Waals surface area contributed by atoms with Crippen LogP contribution in [0.5, 0.6) is 0 Å². The van der Waals surface area contributed by atoms with Gasteiger partial charge in [0.1, 0.15) is 0 Å². The summed E-state index contributed by atoms with van der Waals surface area (Å²) in [5, 5.41) is 3.63. The standard InChI is InChI=1S/C17H26N4O/c1-15(22)20-9-11-21(12-10-20)17-14-19(8-7-18-17)13-16-5-3-2-4-6-16/h2-6,17-18H,7-14H2,1H3. The molecule has 1 N–H and O–H groups in total. The lowest BCUT2D eigenvalue weighted by atomic mass is 10.2. The Labute approximate surface area is 132 Å². The van der Waals surface area contributed by atoms with Crippen LogP contribution in [0.25, 0.3) is 0 Å². The summed E-state index contributed by atoms with van der Waals surface area (Å²) >= 11 is 0. The maximum Gasteiger partial charge on any atom is 0.219 e. The summed E-state index contributed by atoms with van der Waals surface area (Å²) in [4.78, 5) is 18.4. The summed E-state index contributed by atoms with van der Waals surface area (Å²) in [5.41, 5.74) is 1.38. The van der Waals surface area contributed by atoms with Crippen molar-refractivity contribution in [3.05, 3.63) is 35.9 Å². The minimum absolute atomic E-state index is 0.196. The van der Waals surface area contributed by atoms with Crippen molar-refractivity contribution < 1.29 is 4.79 Å². The zero-order valence-electron chi connectivity index (χ0n) is 13.4. The second-order valence-corrected chi connectivity index (χ2v) is 6.23. The van der Waals surface area contributed by atoms with Crippen LogP contribution in [0.1, 0.15) is 12.5 Å². The topological polar surface area (TPSA) is 38.8 Å². The second kappa shape index (κ2) is 7.22. The molecule has 5 nitrogen and oxygen atoms in total. The fourth-order valence-electron chi connectivity index (χ4n) is 3.37. The summed E-state index contributed by atoms with van der Waals surface area (Å²) in [6.07, 6.45) is 0.409. The zero-order valence-corrected chi connectivity index (χ0v) is 13.4. The maximum absolute atomic E-state index is 11.4. The van der Waals surface area contributed by atoms with E-state index in [2.05, 4.69) is 45.4 Å². The molecule has 22 heavy (non-hydrogen) atoms. The number of amides is 1. The Balaban J connectivity index is 1.52. The van der Waals surface area contributed by atoms with Gasteiger partial charge in [-0.05, 0) is 5.56 Å². The van der Waals surface area contributed by atoms with Gasteiger partial charge in [0.15, 0.2) is 0 Å². The highest BCUT2D eigenvalue weighted by Gasteiger charge is 2.28. The van der Waals surface area contributed by atoms with Gasteiger partial charge < -0.3 is 4.90 Å². The molecular formula is C17H26N4O. The fraction of sp³-hybridized carbons (Fsp3) is 0.588. The van der Waals surface area contributed by atoms with Crippen LogP contribution in [-0.2, 0) is 11.3 Å². The van der Waals surface area contributed by atoms with Gasteiger partial charge in [0.25, 0.3) is 0 Å². The van der Waals surface area contributed by atoms with Crippen molar-refractivity contribution in [1.82, 2.24) is 20.0 Å². The molecule has 2 fully saturated rings. The van der Waals surface area contributed by atoms with Gasteiger partial charge in [-0.15, -0.1) is 0 Å². The molecule has 1 aromatic carbocycles. The van der Waals surface area contributed by atoms with E-state index in [4.69, 9.17) is 0 Å². The van der Waals surface area contributed by atoms with Crippen molar-refractivity contribution in [2.75, 3.05) is 45.8 Å². The maximum atomic E-state index is 11.4. The smallest absolute Gasteiger partial charge is 0.219 e. The van der Waals surface area contributed by atoms with Crippen LogP contribution in [0.4, 0.5) is 0 Å². The molecule has 1 atom stereocenters. The lowest BCUT2D eigenvalue weighted by molar-refractivity contribution is -0.131. The van der Waals surface area contributed by atoms with E-state index in [1.165, 1.54) is 5.56 Å². The predicted molar refractivity (Wildman–Crippen MR) is 87.3 cm³/mol. The lowest BCUT2D eigenvalue weighted by Gasteiger charge is -2.43. The van der Waals surface area contributed by atoms with Gasteiger partial charge in [0.05, 0.1) is 6.17 Å². The number of hydrogen-bond donors (Lipinski definition) is 1. The van der Waals surface area contributed by atoms with Crippen LogP contribution in [-0.4, -0.2) is 72.6 Å². The van der Waals surface area contributed by atoms with Crippen LogP contribution in [0.3, 0.4) is 0 Å². The average Bonchev–Trinajstić information content (AvgIpc) is 2.56. The third-order valence-corrected chi connectivity index (χ3v) is 4.69. The van der Waals surface area contributed by atoms with E-state index in [1.54, 1.807) is 6.92 Å². The first-order valence-electron chi connectivity index (χ1n) is 8.21. The van der Waals surface area contributed by atoms with Gasteiger partial charge in [0, 0.05) is 59.3 Å². The van der Waals surface area contributed by atoms with Gasteiger partial charge in [-0.25, -0.2) is 0 Å².